The minimum atomic E-state index is -4.70. The second-order valence-electron chi connectivity index (χ2n) is 6.74. The summed E-state index contributed by atoms with van der Waals surface area (Å²) in [5.74, 6) is -0.249. The number of hydrogen-bond acceptors (Lipinski definition) is 6. The zero-order valence-electron chi connectivity index (χ0n) is 16.6. The molecule has 3 aromatic rings. The van der Waals surface area contributed by atoms with Crippen LogP contribution in [0, 0.1) is 6.07 Å². The van der Waals surface area contributed by atoms with Crippen LogP contribution in [0.2, 0.25) is 10.0 Å². The molecule has 2 aromatic carbocycles. The molecule has 1 unspecified atom stereocenters. The summed E-state index contributed by atoms with van der Waals surface area (Å²) in [5.41, 5.74) is 1.90. The summed E-state index contributed by atoms with van der Waals surface area (Å²) in [4.78, 5) is 4.79. The van der Waals surface area contributed by atoms with Crippen LogP contribution in [0.5, 0.6) is 0 Å². The smallest absolute Gasteiger partial charge is 0.293 e. The van der Waals surface area contributed by atoms with Crippen molar-refractivity contribution in [3.05, 3.63) is 82.6 Å². The Morgan fingerprint density at radius 2 is 1.82 bits per heavy atom. The fraction of sp³-hybridized carbons (Fsp3) is 0.100. The number of nitrogens with zero attached hydrogens (tertiary/aromatic N) is 3. The van der Waals surface area contributed by atoms with Crippen LogP contribution < -0.4 is 15.0 Å². The van der Waals surface area contributed by atoms with Crippen molar-refractivity contribution in [1.82, 2.24) is 10.4 Å². The van der Waals surface area contributed by atoms with Crippen molar-refractivity contribution in [3.63, 3.8) is 0 Å². The van der Waals surface area contributed by atoms with Gasteiger partial charge in [0.05, 0.1) is 10.7 Å². The molecule has 2 N–H and O–H groups in total. The Kier molecular flexibility index (Phi) is 6.58. The van der Waals surface area contributed by atoms with E-state index < -0.39 is 22.4 Å². The maximum atomic E-state index is 13.7. The molecule has 1 atom stereocenters. The number of hydrogen-bond donors (Lipinski definition) is 2. The van der Waals surface area contributed by atoms with Gasteiger partial charge in [-0.3, -0.25) is 15.0 Å². The Bertz CT molecular complexity index is 1310. The average Bonchev–Trinajstić information content (AvgIpc) is 3.20. The van der Waals surface area contributed by atoms with Gasteiger partial charge in [0, 0.05) is 11.9 Å². The fourth-order valence-electron chi connectivity index (χ4n) is 3.06. The van der Waals surface area contributed by atoms with Crippen LogP contribution in [-0.4, -0.2) is 31.6 Å². The van der Waals surface area contributed by atoms with Gasteiger partial charge in [-0.1, -0.05) is 34.8 Å². The topological polar surface area (TPSA) is 86.7 Å². The molecule has 184 valence electrons. The van der Waals surface area contributed by atoms with E-state index in [1.807, 2.05) is 0 Å². The van der Waals surface area contributed by atoms with Crippen LogP contribution in [0.3, 0.4) is 0 Å². The summed E-state index contributed by atoms with van der Waals surface area (Å²) in [6, 6.07) is 15.2. The van der Waals surface area contributed by atoms with Crippen molar-refractivity contribution in [3.8, 4) is 0 Å². The van der Waals surface area contributed by atoms with Gasteiger partial charge in [-0.2, -0.15) is 42.5 Å². The van der Waals surface area contributed by atoms with E-state index in [0.29, 0.717) is 0 Å². The summed E-state index contributed by atoms with van der Waals surface area (Å²) < 4.78 is 69.2. The largest absolute Gasteiger partial charge is 0.429 e. The van der Waals surface area contributed by atoms with Gasteiger partial charge in [0.2, 0.25) is 16.2 Å². The van der Waals surface area contributed by atoms with Crippen molar-refractivity contribution >= 4 is 50.4 Å². The first kappa shape index (κ1) is 24.6. The minimum Gasteiger partial charge on any atom is -0.293 e. The molecule has 0 saturated heterocycles. The summed E-state index contributed by atoms with van der Waals surface area (Å²) >= 11 is 11.8. The molecule has 2 heterocycles. The Morgan fingerprint density at radius 3 is 2.44 bits per heavy atom. The normalized spacial score (nSPS) is 15.9. The van der Waals surface area contributed by atoms with E-state index >= 15 is 0 Å². The van der Waals surface area contributed by atoms with Gasteiger partial charge in [-0.25, -0.2) is 13.4 Å². The quantitative estimate of drug-likeness (QED) is 0.370. The number of rotatable bonds is 5. The van der Waals surface area contributed by atoms with Crippen LogP contribution in [0.25, 0.3) is 0 Å². The molecule has 4 rings (SSSR count). The molecule has 0 fully saturated rings. The van der Waals surface area contributed by atoms with Gasteiger partial charge in [0.1, 0.15) is 5.69 Å². The van der Waals surface area contributed by atoms with Gasteiger partial charge in [0.25, 0.3) is 0 Å². The van der Waals surface area contributed by atoms with E-state index in [1.165, 1.54) is 36.5 Å². The first-order valence-corrected chi connectivity index (χ1v) is 11.4. The predicted octanol–water partition coefficient (Wildman–Crippen LogP) is 4.65. The number of amidine groups is 1. The fourth-order valence-corrected chi connectivity index (χ4v) is 4.36. The van der Waals surface area contributed by atoms with Gasteiger partial charge < -0.3 is 0 Å². The number of pyridine rings is 1. The second kappa shape index (κ2) is 9.08. The predicted molar refractivity (Wildman–Crippen MR) is 119 cm³/mol. The average molecular weight is 772 g/mol. The Hall–Kier alpha value is -4.02. The van der Waals surface area contributed by atoms with Gasteiger partial charge in [0.15, 0.2) is 5.84 Å². The van der Waals surface area contributed by atoms with E-state index in [2.05, 4.69) is 26.3 Å². The molecule has 0 aliphatic carbocycles. The maximum Gasteiger partial charge on any atom is 0.429 e. The molecule has 0 radical (unpaired) electrons. The number of anilines is 2. The van der Waals surface area contributed by atoms with Gasteiger partial charge >= 0.3 is 6.18 Å². The van der Waals surface area contributed by atoms with E-state index in [9.17, 15) is 21.6 Å². The molecule has 0 bridgehead atoms. The van der Waals surface area contributed by atoms with Crippen molar-refractivity contribution in [2.75, 3.05) is 9.62 Å². The number of nitrogens with one attached hydrogen (secondary N) is 2. The van der Waals surface area contributed by atoms with Crippen LogP contribution in [-0.2, 0) is 10.0 Å². The number of aromatic nitrogens is 1. The van der Waals surface area contributed by atoms with E-state index in [4.69, 9.17) is 23.2 Å². The maximum absolute atomic E-state index is 13.7. The molecule has 34 heavy (non-hydrogen) atoms. The SMILES string of the molecule is O=S(=O)(Nc1cc(Cl)cnc1C1=NNC(C(F)(F)F)N1c1ccccc1)c1c[c-]c(Cl)cc1.[Fm]. The third-order valence-corrected chi connectivity index (χ3v) is 6.30. The molecule has 1 aromatic heterocycles. The number of para-hydroxylation sites is 1. The third kappa shape index (κ3) is 4.82. The molecule has 7 nitrogen and oxygen atoms in total. The van der Waals surface area contributed by atoms with Gasteiger partial charge in [-0.05, 0) is 23.1 Å². The van der Waals surface area contributed by atoms with Crippen LogP contribution in [0.15, 0.2) is 70.8 Å². The molecular formula is C20H13Cl2F3FmN5O2S-. The van der Waals surface area contributed by atoms with Crippen LogP contribution in [0.4, 0.5) is 24.5 Å². The number of sulfonamides is 1. The van der Waals surface area contributed by atoms with Crippen molar-refractivity contribution in [2.45, 2.75) is 17.2 Å². The third-order valence-electron chi connectivity index (χ3n) is 4.49. The van der Waals surface area contributed by atoms with Crippen LogP contribution >= 0.6 is 23.2 Å². The minimum absolute atomic E-state index is 0. The van der Waals surface area contributed by atoms with Crippen molar-refractivity contribution in [1.29, 1.82) is 0 Å². The Labute approximate surface area is 196 Å². The summed E-state index contributed by atoms with van der Waals surface area (Å²) in [6.07, 6.45) is -5.72. The molecule has 1 aliphatic rings. The first-order chi connectivity index (χ1) is 15.6. The van der Waals surface area contributed by atoms with Crippen LogP contribution in [0.1, 0.15) is 5.69 Å². The zero-order chi connectivity index (χ0) is 23.8. The number of halogens is 5. The standard InChI is InChI=1S/C20H13Cl2F3N5O2S.Fm/c21-12-6-8-15(9-7-12)33(31,32)29-16-10-13(22)11-26-17(16)18-27-28-19(20(23,24)25)30(18)14-4-2-1-3-5-14;/h1-6,8-11,19,28-29H;/q-1;. The number of benzene rings is 2. The Morgan fingerprint density at radius 1 is 1.12 bits per heavy atom. The zero-order valence-corrected chi connectivity index (χ0v) is 21.3. The summed E-state index contributed by atoms with van der Waals surface area (Å²) in [5, 5.41) is 4.09. The molecule has 1 aliphatic heterocycles. The Balaban J connectivity index is 0.00000324. The monoisotopic (exact) mass is 771 g/mol. The number of alkyl halides is 3. The molecule has 0 spiro atoms. The number of hydrazone groups is 1. The second-order valence-corrected chi connectivity index (χ2v) is 9.27. The molecule has 14 heteroatoms. The van der Waals surface area contributed by atoms with Gasteiger partial charge in [-0.15, -0.1) is 11.6 Å². The summed E-state index contributed by atoms with van der Waals surface area (Å²) in [7, 11) is -4.18. The van der Waals surface area contributed by atoms with E-state index in [-0.39, 0.29) is 37.8 Å². The van der Waals surface area contributed by atoms with Crippen molar-refractivity contribution in [2.24, 2.45) is 5.10 Å². The summed E-state index contributed by atoms with van der Waals surface area (Å²) in [6.45, 7) is 0. The molecule has 0 saturated carbocycles. The molecular weight excluding hydrogens is 759 g/mol. The van der Waals surface area contributed by atoms with E-state index in [0.717, 1.165) is 11.0 Å². The van der Waals surface area contributed by atoms with E-state index in [1.54, 1.807) is 18.2 Å². The van der Waals surface area contributed by atoms with Crippen molar-refractivity contribution < 1.29 is 21.6 Å². The molecule has 0 amide bonds. The first-order valence-electron chi connectivity index (χ1n) is 9.16.